The summed E-state index contributed by atoms with van der Waals surface area (Å²) in [6.45, 7) is 1.74. The molecule has 3 rings (SSSR count). The summed E-state index contributed by atoms with van der Waals surface area (Å²) >= 11 is 1.20. The second-order valence-electron chi connectivity index (χ2n) is 5.09. The summed E-state index contributed by atoms with van der Waals surface area (Å²) < 4.78 is 0. The molecule has 1 aliphatic heterocycles. The third kappa shape index (κ3) is 3.53. The largest absolute Gasteiger partial charge is 0.333 e. The highest BCUT2D eigenvalue weighted by atomic mass is 32.1. The number of imide groups is 1. The quantitative estimate of drug-likeness (QED) is 0.799. The lowest BCUT2D eigenvalue weighted by atomic mass is 10.1. The zero-order valence-corrected chi connectivity index (χ0v) is 13.8. The molecule has 0 spiro atoms. The van der Waals surface area contributed by atoms with Crippen LogP contribution >= 0.6 is 11.3 Å². The van der Waals surface area contributed by atoms with Crippen molar-refractivity contribution < 1.29 is 24.0 Å². The minimum atomic E-state index is -0.863. The normalized spacial score (nSPS) is 12.9. The second-order valence-corrected chi connectivity index (χ2v) is 6.27. The summed E-state index contributed by atoms with van der Waals surface area (Å²) in [4.78, 5) is 52.5. The van der Waals surface area contributed by atoms with E-state index in [-0.39, 0.29) is 24.0 Å². The number of aromatic nitrogens is 2. The maximum atomic E-state index is 12.1. The summed E-state index contributed by atoms with van der Waals surface area (Å²) in [5.74, 6) is -2.72. The van der Waals surface area contributed by atoms with Gasteiger partial charge in [-0.05, 0) is 19.1 Å². The molecule has 1 aromatic heterocycles. The van der Waals surface area contributed by atoms with Gasteiger partial charge in [0.1, 0.15) is 5.01 Å². The molecular formula is C15H12N4O5S. The van der Waals surface area contributed by atoms with E-state index in [1.54, 1.807) is 19.1 Å². The zero-order chi connectivity index (χ0) is 18.0. The van der Waals surface area contributed by atoms with Gasteiger partial charge in [0.15, 0.2) is 0 Å². The molecule has 9 nitrogen and oxygen atoms in total. The molecule has 128 valence electrons. The van der Waals surface area contributed by atoms with Crippen LogP contribution < -0.4 is 5.32 Å². The van der Waals surface area contributed by atoms with Gasteiger partial charge < -0.3 is 10.2 Å². The predicted octanol–water partition coefficient (Wildman–Crippen LogP) is 1.32. The Hall–Kier alpha value is -3.14. The van der Waals surface area contributed by atoms with Crippen molar-refractivity contribution in [3.05, 3.63) is 40.4 Å². The molecule has 10 heteroatoms. The van der Waals surface area contributed by atoms with E-state index in [1.165, 1.54) is 23.5 Å². The first-order valence-corrected chi connectivity index (χ1v) is 8.06. The molecule has 0 fully saturated rings. The molecular weight excluding hydrogens is 348 g/mol. The van der Waals surface area contributed by atoms with Crippen LogP contribution in [0.15, 0.2) is 24.3 Å². The summed E-state index contributed by atoms with van der Waals surface area (Å²) in [7, 11) is 0. The number of anilines is 1. The molecule has 0 radical (unpaired) electrons. The monoisotopic (exact) mass is 360 g/mol. The molecule has 1 aromatic carbocycles. The summed E-state index contributed by atoms with van der Waals surface area (Å²) in [6.07, 6.45) is -0.475. The Balaban J connectivity index is 1.52. The van der Waals surface area contributed by atoms with E-state index in [4.69, 9.17) is 4.84 Å². The molecule has 25 heavy (non-hydrogen) atoms. The number of aryl methyl sites for hydroxylation is 1. The molecule has 0 aliphatic carbocycles. The third-order valence-corrected chi connectivity index (χ3v) is 4.03. The Kier molecular flexibility index (Phi) is 4.52. The Morgan fingerprint density at radius 2 is 1.76 bits per heavy atom. The van der Waals surface area contributed by atoms with Gasteiger partial charge in [0.25, 0.3) is 11.8 Å². The molecule has 0 bridgehead atoms. The fraction of sp³-hybridized carbons (Fsp3) is 0.200. The van der Waals surface area contributed by atoms with Gasteiger partial charge >= 0.3 is 5.97 Å². The van der Waals surface area contributed by atoms with Crippen molar-refractivity contribution in [1.29, 1.82) is 0 Å². The van der Waals surface area contributed by atoms with Gasteiger partial charge in [-0.2, -0.15) is 0 Å². The van der Waals surface area contributed by atoms with E-state index in [9.17, 15) is 19.2 Å². The number of nitrogens with zero attached hydrogens (tertiary/aromatic N) is 3. The van der Waals surface area contributed by atoms with E-state index in [1.807, 2.05) is 0 Å². The first-order valence-electron chi connectivity index (χ1n) is 7.24. The number of rotatable bonds is 5. The fourth-order valence-electron chi connectivity index (χ4n) is 2.14. The van der Waals surface area contributed by atoms with Gasteiger partial charge in [-0.15, -0.1) is 10.2 Å². The van der Waals surface area contributed by atoms with Crippen LogP contribution in [0.5, 0.6) is 0 Å². The molecule has 0 atom stereocenters. The number of benzene rings is 1. The predicted molar refractivity (Wildman–Crippen MR) is 85.5 cm³/mol. The average Bonchev–Trinajstić information content (AvgIpc) is 3.10. The first-order chi connectivity index (χ1) is 12.0. The van der Waals surface area contributed by atoms with Crippen molar-refractivity contribution in [1.82, 2.24) is 15.3 Å². The van der Waals surface area contributed by atoms with Crippen LogP contribution in [0, 0.1) is 6.92 Å². The number of hydrogen-bond donors (Lipinski definition) is 1. The Morgan fingerprint density at radius 1 is 1.12 bits per heavy atom. The number of carbonyl (C=O) groups is 4. The van der Waals surface area contributed by atoms with E-state index in [0.717, 1.165) is 0 Å². The smallest absolute Gasteiger partial charge is 0.330 e. The minimum absolute atomic E-state index is 0.171. The van der Waals surface area contributed by atoms with Gasteiger partial charge in [-0.3, -0.25) is 14.4 Å². The van der Waals surface area contributed by atoms with Gasteiger partial charge in [-0.1, -0.05) is 28.5 Å². The maximum absolute atomic E-state index is 12.1. The Bertz CT molecular complexity index is 843. The topological polar surface area (TPSA) is 119 Å². The molecule has 1 N–H and O–H groups in total. The molecule has 1 aliphatic rings. The fourth-order valence-corrected chi connectivity index (χ4v) is 2.75. The number of hydrogen-bond acceptors (Lipinski definition) is 8. The van der Waals surface area contributed by atoms with Gasteiger partial charge in [0, 0.05) is 6.42 Å². The number of fused-ring (bicyclic) bond motifs is 1. The van der Waals surface area contributed by atoms with Crippen molar-refractivity contribution in [3.63, 3.8) is 0 Å². The van der Waals surface area contributed by atoms with Crippen LogP contribution in [0.25, 0.3) is 0 Å². The molecule has 0 saturated heterocycles. The van der Waals surface area contributed by atoms with Crippen LogP contribution in [0.2, 0.25) is 0 Å². The number of carbonyl (C=O) groups excluding carboxylic acids is 4. The molecule has 0 saturated carbocycles. The van der Waals surface area contributed by atoms with E-state index < -0.39 is 23.7 Å². The molecule has 3 amide bonds. The van der Waals surface area contributed by atoms with Crippen LogP contribution in [0.1, 0.15) is 38.6 Å². The molecule has 2 aromatic rings. The van der Waals surface area contributed by atoms with Crippen molar-refractivity contribution in [3.8, 4) is 0 Å². The summed E-state index contributed by atoms with van der Waals surface area (Å²) in [5.41, 5.74) is 0.342. The van der Waals surface area contributed by atoms with Crippen LogP contribution in [-0.4, -0.2) is 39.0 Å². The minimum Gasteiger partial charge on any atom is -0.330 e. The second kappa shape index (κ2) is 6.77. The number of nitrogens with one attached hydrogen (secondary N) is 1. The van der Waals surface area contributed by atoms with Crippen molar-refractivity contribution in [2.24, 2.45) is 0 Å². The van der Waals surface area contributed by atoms with Crippen LogP contribution in [0.3, 0.4) is 0 Å². The zero-order valence-electron chi connectivity index (χ0n) is 13.0. The maximum Gasteiger partial charge on any atom is 0.333 e. The third-order valence-electron chi connectivity index (χ3n) is 3.28. The highest BCUT2D eigenvalue weighted by molar-refractivity contribution is 7.15. The van der Waals surface area contributed by atoms with Crippen molar-refractivity contribution in [2.75, 3.05) is 5.32 Å². The van der Waals surface area contributed by atoms with Crippen molar-refractivity contribution >= 4 is 40.2 Å². The number of amides is 3. The molecule has 0 unspecified atom stereocenters. The SMILES string of the molecule is Cc1nnc(NC(=O)CCC(=O)ON2C(=O)c3ccccc3C2=O)s1. The summed E-state index contributed by atoms with van der Waals surface area (Å²) in [6, 6.07) is 6.16. The lowest BCUT2D eigenvalue weighted by Crippen LogP contribution is -2.32. The number of hydroxylamine groups is 2. The van der Waals surface area contributed by atoms with E-state index in [0.29, 0.717) is 15.2 Å². The van der Waals surface area contributed by atoms with Gasteiger partial charge in [-0.25, -0.2) is 4.79 Å². The standard InChI is InChI=1S/C15H12N4O5S/c1-8-17-18-15(25-8)16-11(20)6-7-12(21)24-19-13(22)9-4-2-3-5-10(9)14(19)23/h2-5H,6-7H2,1H3,(H,16,18,20). The van der Waals surface area contributed by atoms with Crippen molar-refractivity contribution in [2.45, 2.75) is 19.8 Å². The van der Waals surface area contributed by atoms with Gasteiger partial charge in [0.05, 0.1) is 17.5 Å². The first kappa shape index (κ1) is 16.7. The van der Waals surface area contributed by atoms with E-state index in [2.05, 4.69) is 15.5 Å². The van der Waals surface area contributed by atoms with Gasteiger partial charge in [0.2, 0.25) is 11.0 Å². The average molecular weight is 360 g/mol. The highest BCUT2D eigenvalue weighted by Crippen LogP contribution is 2.23. The summed E-state index contributed by atoms with van der Waals surface area (Å²) in [5, 5.41) is 11.4. The highest BCUT2D eigenvalue weighted by Gasteiger charge is 2.38. The lowest BCUT2D eigenvalue weighted by molar-refractivity contribution is -0.168. The molecule has 2 heterocycles. The Morgan fingerprint density at radius 3 is 2.32 bits per heavy atom. The van der Waals surface area contributed by atoms with Crippen LogP contribution in [0.4, 0.5) is 5.13 Å². The lowest BCUT2D eigenvalue weighted by Gasteiger charge is -2.12. The Labute approximate surface area is 145 Å². The van der Waals surface area contributed by atoms with Crippen LogP contribution in [-0.2, 0) is 14.4 Å². The van der Waals surface area contributed by atoms with E-state index >= 15 is 0 Å².